The van der Waals surface area contributed by atoms with E-state index >= 15 is 0 Å². The van der Waals surface area contributed by atoms with Crippen molar-refractivity contribution >= 4 is 28.2 Å². The molecule has 0 atom stereocenters. The molecule has 1 aliphatic heterocycles. The summed E-state index contributed by atoms with van der Waals surface area (Å²) in [6, 6.07) is 6.28. The van der Waals surface area contributed by atoms with Gasteiger partial charge in [0.05, 0.1) is 17.5 Å². The first-order valence-corrected chi connectivity index (χ1v) is 9.34. The van der Waals surface area contributed by atoms with Crippen LogP contribution in [0.4, 0.5) is 11.5 Å². The summed E-state index contributed by atoms with van der Waals surface area (Å²) in [5, 5.41) is 8.77. The molecule has 8 heteroatoms. The predicted molar refractivity (Wildman–Crippen MR) is 105 cm³/mol. The van der Waals surface area contributed by atoms with E-state index in [0.29, 0.717) is 5.92 Å². The molecule has 1 aliphatic rings. The molecule has 1 fully saturated rings. The zero-order chi connectivity index (χ0) is 18.4. The van der Waals surface area contributed by atoms with Crippen molar-refractivity contribution in [3.05, 3.63) is 42.7 Å². The van der Waals surface area contributed by atoms with E-state index in [1.165, 1.54) is 5.69 Å². The second kappa shape index (κ2) is 6.22. The molecule has 1 N–H and O–H groups in total. The van der Waals surface area contributed by atoms with E-state index in [2.05, 4.69) is 71.4 Å². The number of aromatic amines is 1. The topological polar surface area (TPSA) is 78.2 Å². The van der Waals surface area contributed by atoms with E-state index in [9.17, 15) is 0 Å². The fraction of sp³-hybridized carbons (Fsp3) is 0.368. The maximum absolute atomic E-state index is 4.61. The maximum Gasteiger partial charge on any atom is 0.203 e. The lowest BCUT2D eigenvalue weighted by Gasteiger charge is -2.36. The summed E-state index contributed by atoms with van der Waals surface area (Å²) in [5.74, 6) is 2.20. The smallest absolute Gasteiger partial charge is 0.203 e. The Bertz CT molecular complexity index is 1090. The second-order valence-electron chi connectivity index (χ2n) is 7.21. The van der Waals surface area contributed by atoms with E-state index in [4.69, 9.17) is 0 Å². The number of anilines is 2. The first kappa shape index (κ1) is 16.0. The summed E-state index contributed by atoms with van der Waals surface area (Å²) < 4.78 is 2.06. The molecule has 0 unspecified atom stereocenters. The number of nitrogens with one attached hydrogen (secondary N) is 1. The van der Waals surface area contributed by atoms with Crippen molar-refractivity contribution in [2.24, 2.45) is 0 Å². The third kappa shape index (κ3) is 2.59. The van der Waals surface area contributed by atoms with E-state index in [1.807, 2.05) is 12.4 Å². The third-order valence-corrected chi connectivity index (χ3v) is 5.20. The number of fused-ring (bicyclic) bond motifs is 2. The molecule has 3 aromatic heterocycles. The number of aromatic nitrogens is 6. The van der Waals surface area contributed by atoms with Gasteiger partial charge in [0.15, 0.2) is 5.82 Å². The summed E-state index contributed by atoms with van der Waals surface area (Å²) in [5.41, 5.74) is 4.13. The van der Waals surface area contributed by atoms with Gasteiger partial charge >= 0.3 is 0 Å². The van der Waals surface area contributed by atoms with Crippen LogP contribution in [0.25, 0.3) is 16.7 Å². The second-order valence-corrected chi connectivity index (χ2v) is 7.21. The summed E-state index contributed by atoms with van der Waals surface area (Å²) in [4.78, 5) is 17.0. The quantitative estimate of drug-likeness (QED) is 0.603. The van der Waals surface area contributed by atoms with Crippen LogP contribution in [-0.2, 0) is 0 Å². The van der Waals surface area contributed by atoms with E-state index in [-0.39, 0.29) is 0 Å². The van der Waals surface area contributed by atoms with Gasteiger partial charge in [-0.2, -0.15) is 0 Å². The van der Waals surface area contributed by atoms with Crippen molar-refractivity contribution in [1.29, 1.82) is 0 Å². The molecule has 0 bridgehead atoms. The fourth-order valence-electron chi connectivity index (χ4n) is 3.81. The Hall–Kier alpha value is -3.16. The molecule has 0 radical (unpaired) electrons. The minimum Gasteiger partial charge on any atom is -0.366 e. The van der Waals surface area contributed by atoms with E-state index in [1.54, 1.807) is 6.33 Å². The van der Waals surface area contributed by atoms with Crippen molar-refractivity contribution in [2.75, 3.05) is 36.0 Å². The minimum atomic E-state index is 0.321. The summed E-state index contributed by atoms with van der Waals surface area (Å²) >= 11 is 0. The van der Waals surface area contributed by atoms with Gasteiger partial charge in [-0.1, -0.05) is 19.9 Å². The maximum atomic E-state index is 4.61. The molecule has 0 saturated carbocycles. The van der Waals surface area contributed by atoms with Crippen LogP contribution in [0.3, 0.4) is 0 Å². The minimum absolute atomic E-state index is 0.321. The molecule has 27 heavy (non-hydrogen) atoms. The molecular formula is C19H22N8. The highest BCUT2D eigenvalue weighted by Gasteiger charge is 2.23. The van der Waals surface area contributed by atoms with Crippen molar-refractivity contribution < 1.29 is 0 Å². The standard InChI is InChI=1S/C19H22N8/c1-13(2)17-23-24-19-18(20-6-7-27(17)19)26-10-8-25(9-11-26)15-5-3-4-14-16(15)22-12-21-14/h3-7,12-13H,8-11H2,1-2H3,(H,21,22). The fourth-order valence-corrected chi connectivity index (χ4v) is 3.81. The molecule has 1 aromatic carbocycles. The zero-order valence-corrected chi connectivity index (χ0v) is 15.5. The zero-order valence-electron chi connectivity index (χ0n) is 15.5. The monoisotopic (exact) mass is 362 g/mol. The lowest BCUT2D eigenvalue weighted by Crippen LogP contribution is -2.47. The molecule has 0 aliphatic carbocycles. The Morgan fingerprint density at radius 1 is 1.00 bits per heavy atom. The van der Waals surface area contributed by atoms with Gasteiger partial charge in [0, 0.05) is 44.5 Å². The highest BCUT2D eigenvalue weighted by Crippen LogP contribution is 2.27. The number of H-pyrrole nitrogens is 1. The summed E-state index contributed by atoms with van der Waals surface area (Å²) in [6.45, 7) is 7.87. The van der Waals surface area contributed by atoms with Gasteiger partial charge in [-0.15, -0.1) is 10.2 Å². The third-order valence-electron chi connectivity index (χ3n) is 5.20. The van der Waals surface area contributed by atoms with Crippen LogP contribution in [0.15, 0.2) is 36.9 Å². The van der Waals surface area contributed by atoms with Crippen molar-refractivity contribution in [1.82, 2.24) is 29.5 Å². The number of nitrogens with zero attached hydrogens (tertiary/aromatic N) is 7. The molecule has 4 heterocycles. The number of piperazine rings is 1. The highest BCUT2D eigenvalue weighted by atomic mass is 15.3. The van der Waals surface area contributed by atoms with Gasteiger partial charge in [0.25, 0.3) is 0 Å². The summed E-state index contributed by atoms with van der Waals surface area (Å²) in [6.07, 6.45) is 5.55. The van der Waals surface area contributed by atoms with Gasteiger partial charge in [-0.25, -0.2) is 9.97 Å². The number of para-hydroxylation sites is 1. The van der Waals surface area contributed by atoms with Crippen LogP contribution in [-0.4, -0.2) is 55.7 Å². The average Bonchev–Trinajstić information content (AvgIpc) is 3.34. The molecule has 138 valence electrons. The van der Waals surface area contributed by atoms with Crippen molar-refractivity contribution in [3.8, 4) is 0 Å². The molecule has 5 rings (SSSR count). The Kier molecular flexibility index (Phi) is 3.70. The first-order chi connectivity index (χ1) is 13.2. The Morgan fingerprint density at radius 2 is 1.81 bits per heavy atom. The molecule has 0 amide bonds. The largest absolute Gasteiger partial charge is 0.366 e. The van der Waals surface area contributed by atoms with E-state index < -0.39 is 0 Å². The lowest BCUT2D eigenvalue weighted by atomic mass is 10.2. The number of hydrogen-bond acceptors (Lipinski definition) is 6. The Morgan fingerprint density at radius 3 is 2.63 bits per heavy atom. The van der Waals surface area contributed by atoms with Gasteiger partial charge in [-0.05, 0) is 12.1 Å². The van der Waals surface area contributed by atoms with Crippen LogP contribution in [0.5, 0.6) is 0 Å². The number of hydrogen-bond donors (Lipinski definition) is 1. The molecule has 8 nitrogen and oxygen atoms in total. The summed E-state index contributed by atoms with van der Waals surface area (Å²) in [7, 11) is 0. The average molecular weight is 362 g/mol. The highest BCUT2D eigenvalue weighted by molar-refractivity contribution is 5.88. The van der Waals surface area contributed by atoms with Crippen LogP contribution in [0, 0.1) is 0 Å². The van der Waals surface area contributed by atoms with Crippen molar-refractivity contribution in [2.45, 2.75) is 19.8 Å². The normalized spacial score (nSPS) is 15.4. The number of rotatable bonds is 3. The Balaban J connectivity index is 1.41. The number of benzene rings is 1. The lowest BCUT2D eigenvalue weighted by molar-refractivity contribution is 0.648. The number of imidazole rings is 1. The molecular weight excluding hydrogens is 340 g/mol. The van der Waals surface area contributed by atoms with Gasteiger partial charge in [0.1, 0.15) is 11.3 Å². The first-order valence-electron chi connectivity index (χ1n) is 9.34. The van der Waals surface area contributed by atoms with Gasteiger partial charge in [-0.3, -0.25) is 4.40 Å². The van der Waals surface area contributed by atoms with Crippen LogP contribution < -0.4 is 9.80 Å². The van der Waals surface area contributed by atoms with Crippen molar-refractivity contribution in [3.63, 3.8) is 0 Å². The van der Waals surface area contributed by atoms with Crippen LogP contribution >= 0.6 is 0 Å². The van der Waals surface area contributed by atoms with Gasteiger partial charge < -0.3 is 14.8 Å². The molecule has 0 spiro atoms. The van der Waals surface area contributed by atoms with Gasteiger partial charge in [0.2, 0.25) is 5.65 Å². The van der Waals surface area contributed by atoms with Crippen LogP contribution in [0.2, 0.25) is 0 Å². The van der Waals surface area contributed by atoms with Crippen LogP contribution in [0.1, 0.15) is 25.6 Å². The molecule has 1 saturated heterocycles. The Labute approximate surface area is 156 Å². The molecule has 4 aromatic rings. The predicted octanol–water partition coefficient (Wildman–Crippen LogP) is 2.45. The SMILES string of the molecule is CC(C)c1nnc2c(N3CCN(c4cccc5[nH]cnc45)CC3)nccn12. The van der Waals surface area contributed by atoms with E-state index in [0.717, 1.165) is 54.5 Å².